The van der Waals surface area contributed by atoms with Gasteiger partial charge in [0.25, 0.3) is 11.5 Å². The molecule has 0 radical (unpaired) electrons. The van der Waals surface area contributed by atoms with E-state index in [0.717, 1.165) is 27.9 Å². The van der Waals surface area contributed by atoms with E-state index in [1.54, 1.807) is 25.1 Å². The number of aromatic nitrogens is 2. The monoisotopic (exact) mass is 630 g/mol. The predicted octanol–water partition coefficient (Wildman–Crippen LogP) is 7.12. The topological polar surface area (TPSA) is 127 Å². The first kappa shape index (κ1) is 28.7. The average molecular weight is 631 g/mol. The van der Waals surface area contributed by atoms with Crippen LogP contribution < -0.4 is 4.90 Å². The lowest BCUT2D eigenvalue weighted by molar-refractivity contribution is -0.384. The maximum absolute atomic E-state index is 14.3. The van der Waals surface area contributed by atoms with Crippen molar-refractivity contribution in [3.63, 3.8) is 0 Å². The summed E-state index contributed by atoms with van der Waals surface area (Å²) < 4.78 is 14.8. The number of Topliss-reactive ketones (excluding diaryl/α,β-unsaturated/α-hetero) is 1. The highest BCUT2D eigenvalue weighted by Crippen LogP contribution is 2.44. The van der Waals surface area contributed by atoms with Crippen molar-refractivity contribution < 1.29 is 24.0 Å². The molecule has 2 heterocycles. The number of aryl methyl sites for hydroxylation is 1. The predicted molar refractivity (Wildman–Crippen MR) is 155 cm³/mol. The average Bonchev–Trinajstić information content (AvgIpc) is 3.51. The summed E-state index contributed by atoms with van der Waals surface area (Å²) in [5, 5.41) is 31.7. The molecule has 0 saturated carbocycles. The zero-order valence-electron chi connectivity index (χ0n) is 20.9. The molecular weight excluding hydrogens is 614 g/mol. The molecule has 208 valence electrons. The van der Waals surface area contributed by atoms with Gasteiger partial charge in [-0.2, -0.15) is 0 Å². The summed E-state index contributed by atoms with van der Waals surface area (Å²) in [6.45, 7) is 1.54. The lowest BCUT2D eigenvalue weighted by atomic mass is 9.95. The minimum absolute atomic E-state index is 0.00800. The van der Waals surface area contributed by atoms with E-state index in [-0.39, 0.29) is 22.0 Å². The second-order valence-corrected chi connectivity index (χ2v) is 11.9. The Bertz CT molecular complexity index is 1750. The van der Waals surface area contributed by atoms with Crippen LogP contribution in [0.25, 0.3) is 5.76 Å². The molecule has 0 unspecified atom stereocenters. The number of anilines is 1. The van der Waals surface area contributed by atoms with Gasteiger partial charge in [-0.05, 0) is 53.9 Å². The number of halogens is 3. The van der Waals surface area contributed by atoms with Gasteiger partial charge < -0.3 is 5.11 Å². The molecule has 41 heavy (non-hydrogen) atoms. The van der Waals surface area contributed by atoms with E-state index in [4.69, 9.17) is 23.2 Å². The van der Waals surface area contributed by atoms with Crippen molar-refractivity contribution in [2.24, 2.45) is 0 Å². The number of nitro benzene ring substituents is 1. The van der Waals surface area contributed by atoms with Gasteiger partial charge in [0, 0.05) is 33.5 Å². The number of thioether (sulfide) groups is 1. The molecular formula is C27H17Cl2FN4O5S2. The van der Waals surface area contributed by atoms with Crippen molar-refractivity contribution in [1.82, 2.24) is 10.2 Å². The molecule has 1 aliphatic heterocycles. The maximum atomic E-state index is 14.3. The summed E-state index contributed by atoms with van der Waals surface area (Å²) in [7, 11) is 0. The van der Waals surface area contributed by atoms with Crippen LogP contribution in [0.3, 0.4) is 0 Å². The summed E-state index contributed by atoms with van der Waals surface area (Å²) in [6.07, 6.45) is 0. The number of carbonyl (C=O) groups is 2. The summed E-state index contributed by atoms with van der Waals surface area (Å²) in [5.41, 5.74) is 0.890. The lowest BCUT2D eigenvalue weighted by Gasteiger charge is -2.22. The Morgan fingerprint density at radius 3 is 2.51 bits per heavy atom. The highest BCUT2D eigenvalue weighted by molar-refractivity contribution is 8.00. The molecule has 1 aliphatic rings. The zero-order chi connectivity index (χ0) is 29.4. The van der Waals surface area contributed by atoms with Gasteiger partial charge in [-0.1, -0.05) is 64.5 Å². The third-order valence-corrected chi connectivity index (χ3v) is 8.97. The van der Waals surface area contributed by atoms with Crippen LogP contribution in [0.1, 0.15) is 28.3 Å². The van der Waals surface area contributed by atoms with Crippen molar-refractivity contribution in [1.29, 1.82) is 0 Å². The molecule has 4 aromatic rings. The number of nitrogens with zero attached hydrogens (tertiary/aromatic N) is 4. The Morgan fingerprint density at radius 1 is 1.12 bits per heavy atom. The van der Waals surface area contributed by atoms with Crippen LogP contribution in [0.5, 0.6) is 0 Å². The molecule has 14 heteroatoms. The number of hydrogen-bond acceptors (Lipinski definition) is 9. The number of aliphatic hydroxyl groups excluding tert-OH is 1. The van der Waals surface area contributed by atoms with Crippen LogP contribution in [0.4, 0.5) is 15.2 Å². The molecule has 0 bridgehead atoms. The van der Waals surface area contributed by atoms with E-state index in [2.05, 4.69) is 10.2 Å². The van der Waals surface area contributed by atoms with Crippen LogP contribution in [0.15, 0.2) is 70.6 Å². The molecule has 1 N–H and O–H groups in total. The fourth-order valence-electron chi connectivity index (χ4n) is 4.16. The van der Waals surface area contributed by atoms with Crippen LogP contribution in [0.2, 0.25) is 10.0 Å². The second-order valence-electron chi connectivity index (χ2n) is 8.86. The summed E-state index contributed by atoms with van der Waals surface area (Å²) in [6, 6.07) is 13.0. The van der Waals surface area contributed by atoms with Crippen LogP contribution in [-0.2, 0) is 15.3 Å². The third-order valence-electron chi connectivity index (χ3n) is 6.28. The SMILES string of the molecule is Cc1ccc(C(O)=C2C(=O)C(=O)N(c3nnc(SCc4ccc(Cl)cc4Cl)s3)[C@H]2c2ccc([N+](=O)[O-])cc2)cc1F. The number of hydrogen-bond donors (Lipinski definition) is 1. The Morgan fingerprint density at radius 2 is 1.85 bits per heavy atom. The Labute approximate surface area is 250 Å². The van der Waals surface area contributed by atoms with Crippen molar-refractivity contribution >= 4 is 74.6 Å². The molecule has 1 aromatic heterocycles. The fraction of sp³-hybridized carbons (Fsp3) is 0.111. The zero-order valence-corrected chi connectivity index (χ0v) is 24.0. The van der Waals surface area contributed by atoms with Gasteiger partial charge in [0.15, 0.2) is 4.34 Å². The quantitative estimate of drug-likeness (QED) is 0.0435. The highest BCUT2D eigenvalue weighted by atomic mass is 35.5. The van der Waals surface area contributed by atoms with Crippen molar-refractivity contribution in [3.8, 4) is 0 Å². The summed E-state index contributed by atoms with van der Waals surface area (Å²) in [4.78, 5) is 38.4. The molecule has 1 fully saturated rings. The van der Waals surface area contributed by atoms with Gasteiger partial charge in [0.05, 0.1) is 16.5 Å². The first-order valence-electron chi connectivity index (χ1n) is 11.8. The molecule has 1 saturated heterocycles. The molecule has 0 spiro atoms. The summed E-state index contributed by atoms with van der Waals surface area (Å²) >= 11 is 14.6. The maximum Gasteiger partial charge on any atom is 0.301 e. The largest absolute Gasteiger partial charge is 0.507 e. The molecule has 3 aromatic carbocycles. The molecule has 0 aliphatic carbocycles. The Hall–Kier alpha value is -3.84. The number of nitro groups is 1. The minimum Gasteiger partial charge on any atom is -0.507 e. The Balaban J connectivity index is 1.55. The van der Waals surface area contributed by atoms with E-state index >= 15 is 0 Å². The third kappa shape index (κ3) is 5.68. The number of aliphatic hydroxyl groups is 1. The smallest absolute Gasteiger partial charge is 0.301 e. The van der Waals surface area contributed by atoms with Gasteiger partial charge in [-0.15, -0.1) is 10.2 Å². The lowest BCUT2D eigenvalue weighted by Crippen LogP contribution is -2.29. The molecule has 1 atom stereocenters. The van der Waals surface area contributed by atoms with Crippen LogP contribution in [-0.4, -0.2) is 31.9 Å². The van der Waals surface area contributed by atoms with Crippen LogP contribution in [0, 0.1) is 22.9 Å². The van der Waals surface area contributed by atoms with E-state index in [1.165, 1.54) is 48.2 Å². The van der Waals surface area contributed by atoms with Gasteiger partial charge in [-0.3, -0.25) is 24.6 Å². The highest BCUT2D eigenvalue weighted by Gasteiger charge is 2.48. The van der Waals surface area contributed by atoms with E-state index < -0.39 is 34.2 Å². The standard InChI is InChI=1S/C27H17Cl2FN4O5S2/c1-13-2-3-15(10-20(13)30)23(35)21-22(14-5-8-18(9-6-14)34(38)39)33(25(37)24(21)36)26-31-32-27(41-26)40-12-16-4-7-17(28)11-19(16)29/h2-11,22,35H,12H2,1H3/t22-/m0/s1. The molecule has 5 rings (SSSR count). The first-order valence-corrected chi connectivity index (χ1v) is 14.3. The van der Waals surface area contributed by atoms with E-state index in [9.17, 15) is 29.2 Å². The first-order chi connectivity index (χ1) is 19.5. The van der Waals surface area contributed by atoms with Crippen LogP contribution >= 0.6 is 46.3 Å². The van der Waals surface area contributed by atoms with Gasteiger partial charge >= 0.3 is 5.91 Å². The second kappa shape index (κ2) is 11.6. The number of benzene rings is 3. The number of non-ortho nitro benzene ring substituents is 1. The van der Waals surface area contributed by atoms with Gasteiger partial charge in [-0.25, -0.2) is 4.39 Å². The van der Waals surface area contributed by atoms with Gasteiger partial charge in [0.1, 0.15) is 11.6 Å². The molecule has 9 nitrogen and oxygen atoms in total. The minimum atomic E-state index is -1.21. The van der Waals surface area contributed by atoms with Gasteiger partial charge in [0.2, 0.25) is 5.13 Å². The van der Waals surface area contributed by atoms with E-state index in [0.29, 0.717) is 31.3 Å². The fourth-order valence-corrected chi connectivity index (χ4v) is 6.58. The normalized spacial score (nSPS) is 16.4. The van der Waals surface area contributed by atoms with Crippen molar-refractivity contribution in [2.45, 2.75) is 23.1 Å². The summed E-state index contributed by atoms with van der Waals surface area (Å²) in [5.74, 6) is -2.79. The number of amides is 1. The molecule has 1 amide bonds. The number of ketones is 1. The Kier molecular flexibility index (Phi) is 8.09. The number of rotatable bonds is 7. The van der Waals surface area contributed by atoms with E-state index in [1.807, 2.05) is 0 Å². The number of carbonyl (C=O) groups excluding carboxylic acids is 2. The van der Waals surface area contributed by atoms with Crippen molar-refractivity contribution in [3.05, 3.63) is 114 Å². The van der Waals surface area contributed by atoms with Crippen molar-refractivity contribution in [2.75, 3.05) is 4.90 Å².